The van der Waals surface area contributed by atoms with E-state index in [2.05, 4.69) is 0 Å². The van der Waals surface area contributed by atoms with Gasteiger partial charge in [0.25, 0.3) is 0 Å². The van der Waals surface area contributed by atoms with E-state index in [1.165, 1.54) is 18.9 Å². The molecule has 4 heteroatoms. The number of thioether (sulfide) groups is 1. The molecule has 0 bridgehead atoms. The maximum absolute atomic E-state index is 11.5. The molecule has 0 spiro atoms. The summed E-state index contributed by atoms with van der Waals surface area (Å²) in [6, 6.07) is 3.90. The van der Waals surface area contributed by atoms with E-state index in [0.717, 1.165) is 4.88 Å². The molecule has 0 fully saturated rings. The highest BCUT2D eigenvalue weighted by Gasteiger charge is 2.36. The molecule has 1 rings (SSSR count). The van der Waals surface area contributed by atoms with Gasteiger partial charge in [-0.2, -0.15) is 0 Å². The molecule has 72 valence electrons. The minimum absolute atomic E-state index is 0.192. The molecule has 1 aromatic rings. The highest BCUT2D eigenvalue weighted by Crippen LogP contribution is 2.37. The van der Waals surface area contributed by atoms with Crippen molar-refractivity contribution < 1.29 is 9.53 Å². The van der Waals surface area contributed by atoms with Crippen molar-refractivity contribution in [2.24, 2.45) is 0 Å². The van der Waals surface area contributed by atoms with Crippen LogP contribution < -0.4 is 0 Å². The van der Waals surface area contributed by atoms with Crippen molar-refractivity contribution >= 4 is 29.1 Å². The van der Waals surface area contributed by atoms with E-state index < -0.39 is 4.75 Å². The Balaban J connectivity index is 3.01. The topological polar surface area (TPSA) is 26.3 Å². The van der Waals surface area contributed by atoms with Crippen molar-refractivity contribution in [3.8, 4) is 0 Å². The minimum atomic E-state index is -0.553. The molecule has 0 amide bonds. The quantitative estimate of drug-likeness (QED) is 0.726. The summed E-state index contributed by atoms with van der Waals surface area (Å²) in [5, 5.41) is 1.97. The van der Waals surface area contributed by atoms with Gasteiger partial charge in [-0.3, -0.25) is 4.79 Å². The van der Waals surface area contributed by atoms with Crippen molar-refractivity contribution in [1.82, 2.24) is 0 Å². The number of carbonyl (C=O) groups is 1. The van der Waals surface area contributed by atoms with E-state index in [-0.39, 0.29) is 5.97 Å². The molecule has 2 nitrogen and oxygen atoms in total. The maximum atomic E-state index is 11.5. The lowest BCUT2D eigenvalue weighted by molar-refractivity contribution is -0.143. The SMILES string of the molecule is COC(=O)C(C)(SC)c1cccs1. The highest BCUT2D eigenvalue weighted by atomic mass is 32.2. The van der Waals surface area contributed by atoms with Gasteiger partial charge < -0.3 is 4.74 Å². The van der Waals surface area contributed by atoms with Gasteiger partial charge >= 0.3 is 5.97 Å². The molecule has 1 unspecified atom stereocenters. The van der Waals surface area contributed by atoms with Gasteiger partial charge in [-0.25, -0.2) is 0 Å². The van der Waals surface area contributed by atoms with Gasteiger partial charge in [-0.1, -0.05) is 6.07 Å². The van der Waals surface area contributed by atoms with E-state index in [0.29, 0.717) is 0 Å². The Labute approximate surface area is 86.3 Å². The standard InChI is InChI=1S/C9H12O2S2/c1-9(12-3,8(10)11-2)7-5-4-6-13-7/h4-6H,1-3H3. The third-order valence-electron chi connectivity index (χ3n) is 1.97. The fourth-order valence-corrected chi connectivity index (χ4v) is 2.71. The average Bonchev–Trinajstić information content (AvgIpc) is 2.68. The number of thiophene rings is 1. The van der Waals surface area contributed by atoms with E-state index >= 15 is 0 Å². The van der Waals surface area contributed by atoms with Crippen LogP contribution in [0.15, 0.2) is 17.5 Å². The Morgan fingerprint density at radius 3 is 2.77 bits per heavy atom. The van der Waals surface area contributed by atoms with Crippen LogP contribution in [0.5, 0.6) is 0 Å². The molecule has 0 aliphatic carbocycles. The highest BCUT2D eigenvalue weighted by molar-refractivity contribution is 8.00. The molecule has 1 heterocycles. The van der Waals surface area contributed by atoms with Crippen LogP contribution in [0.2, 0.25) is 0 Å². The summed E-state index contributed by atoms with van der Waals surface area (Å²) in [5.74, 6) is -0.192. The molecule has 0 aliphatic heterocycles. The lowest BCUT2D eigenvalue weighted by atomic mass is 10.1. The third-order valence-corrected chi connectivity index (χ3v) is 4.40. The van der Waals surface area contributed by atoms with Crippen molar-refractivity contribution in [2.75, 3.05) is 13.4 Å². The fraction of sp³-hybridized carbons (Fsp3) is 0.444. The fourth-order valence-electron chi connectivity index (χ4n) is 1.03. The van der Waals surface area contributed by atoms with Crippen LogP contribution in [-0.4, -0.2) is 19.3 Å². The van der Waals surface area contributed by atoms with Crippen LogP contribution in [0.1, 0.15) is 11.8 Å². The second-order valence-electron chi connectivity index (χ2n) is 2.71. The molecule has 0 saturated heterocycles. The number of esters is 1. The van der Waals surface area contributed by atoms with E-state index in [4.69, 9.17) is 4.74 Å². The number of methoxy groups -OCH3 is 1. The van der Waals surface area contributed by atoms with Crippen LogP contribution in [-0.2, 0) is 14.3 Å². The first-order valence-corrected chi connectivity index (χ1v) is 5.93. The first-order chi connectivity index (χ1) is 6.15. The van der Waals surface area contributed by atoms with Crippen LogP contribution in [0, 0.1) is 0 Å². The number of hydrogen-bond acceptors (Lipinski definition) is 4. The molecule has 13 heavy (non-hydrogen) atoms. The Morgan fingerprint density at radius 1 is 1.69 bits per heavy atom. The molecule has 1 atom stereocenters. The van der Waals surface area contributed by atoms with Gasteiger partial charge in [0.1, 0.15) is 4.75 Å². The Hall–Kier alpha value is -0.480. The Morgan fingerprint density at radius 2 is 2.38 bits per heavy atom. The molecule has 0 radical (unpaired) electrons. The molecule has 0 aromatic carbocycles. The second kappa shape index (κ2) is 4.15. The molecule has 0 aliphatic rings. The number of rotatable bonds is 3. The summed E-state index contributed by atoms with van der Waals surface area (Å²) in [5.41, 5.74) is 0. The second-order valence-corrected chi connectivity index (χ2v) is 4.88. The van der Waals surface area contributed by atoms with Crippen molar-refractivity contribution in [2.45, 2.75) is 11.7 Å². The summed E-state index contributed by atoms with van der Waals surface area (Å²) in [4.78, 5) is 12.6. The summed E-state index contributed by atoms with van der Waals surface area (Å²) >= 11 is 3.07. The molecule has 1 aromatic heterocycles. The zero-order valence-corrected chi connectivity index (χ0v) is 9.50. The molecular weight excluding hydrogens is 204 g/mol. The van der Waals surface area contributed by atoms with Crippen molar-refractivity contribution in [3.63, 3.8) is 0 Å². The largest absolute Gasteiger partial charge is 0.468 e. The van der Waals surface area contributed by atoms with Gasteiger partial charge in [0.2, 0.25) is 0 Å². The van der Waals surface area contributed by atoms with Crippen LogP contribution in [0.4, 0.5) is 0 Å². The Bertz CT molecular complexity index is 282. The van der Waals surface area contributed by atoms with E-state index in [9.17, 15) is 4.79 Å². The molecular formula is C9H12O2S2. The minimum Gasteiger partial charge on any atom is -0.468 e. The predicted molar refractivity (Wildman–Crippen MR) is 57.2 cm³/mol. The summed E-state index contributed by atoms with van der Waals surface area (Å²) in [6.07, 6.45) is 1.91. The van der Waals surface area contributed by atoms with Crippen LogP contribution in [0.25, 0.3) is 0 Å². The number of carbonyl (C=O) groups excluding carboxylic acids is 1. The van der Waals surface area contributed by atoms with Gasteiger partial charge in [0.05, 0.1) is 7.11 Å². The maximum Gasteiger partial charge on any atom is 0.327 e. The lowest BCUT2D eigenvalue weighted by Crippen LogP contribution is -2.28. The zero-order chi connectivity index (χ0) is 9.90. The first kappa shape index (κ1) is 10.6. The summed E-state index contributed by atoms with van der Waals surface area (Å²) in [7, 11) is 1.42. The van der Waals surface area contributed by atoms with Gasteiger partial charge in [0.15, 0.2) is 0 Å². The smallest absolute Gasteiger partial charge is 0.327 e. The molecule has 0 N–H and O–H groups in total. The predicted octanol–water partition coefficient (Wildman–Crippen LogP) is 2.50. The van der Waals surface area contributed by atoms with E-state index in [1.54, 1.807) is 11.3 Å². The average molecular weight is 216 g/mol. The first-order valence-electron chi connectivity index (χ1n) is 3.82. The number of hydrogen-bond donors (Lipinski definition) is 0. The third kappa shape index (κ3) is 1.89. The monoisotopic (exact) mass is 216 g/mol. The van der Waals surface area contributed by atoms with Crippen LogP contribution >= 0.6 is 23.1 Å². The van der Waals surface area contributed by atoms with E-state index in [1.807, 2.05) is 30.7 Å². The molecule has 0 saturated carbocycles. The van der Waals surface area contributed by atoms with Crippen molar-refractivity contribution in [1.29, 1.82) is 0 Å². The van der Waals surface area contributed by atoms with Crippen LogP contribution in [0.3, 0.4) is 0 Å². The summed E-state index contributed by atoms with van der Waals surface area (Å²) in [6.45, 7) is 1.88. The zero-order valence-electron chi connectivity index (χ0n) is 7.87. The summed E-state index contributed by atoms with van der Waals surface area (Å²) < 4.78 is 4.22. The lowest BCUT2D eigenvalue weighted by Gasteiger charge is -2.22. The van der Waals surface area contributed by atoms with Crippen molar-refractivity contribution in [3.05, 3.63) is 22.4 Å². The van der Waals surface area contributed by atoms with Gasteiger partial charge in [-0.15, -0.1) is 23.1 Å². The Kier molecular flexibility index (Phi) is 3.39. The van der Waals surface area contributed by atoms with Gasteiger partial charge in [0, 0.05) is 4.88 Å². The van der Waals surface area contributed by atoms with Gasteiger partial charge in [-0.05, 0) is 24.6 Å². The number of ether oxygens (including phenoxy) is 1. The normalized spacial score (nSPS) is 15.0.